The molecule has 20 heavy (non-hydrogen) atoms. The number of hydrogen-bond acceptors (Lipinski definition) is 4. The van der Waals surface area contributed by atoms with E-state index in [4.69, 9.17) is 10.5 Å². The highest BCUT2D eigenvalue weighted by molar-refractivity contribution is 7.86. The summed E-state index contributed by atoms with van der Waals surface area (Å²) in [5.41, 5.74) is 5.19. The van der Waals surface area contributed by atoms with Gasteiger partial charge in [0.15, 0.2) is 0 Å². The first kappa shape index (κ1) is 16.2. The molecule has 0 aromatic carbocycles. The molecule has 0 spiro atoms. The molecule has 118 valence electrons. The third-order valence-corrected chi connectivity index (χ3v) is 5.88. The maximum Gasteiger partial charge on any atom is 0.282 e. The van der Waals surface area contributed by atoms with E-state index in [1.807, 2.05) is 13.8 Å². The van der Waals surface area contributed by atoms with Crippen LogP contribution in [0.4, 0.5) is 0 Å². The van der Waals surface area contributed by atoms with Crippen molar-refractivity contribution in [3.05, 3.63) is 0 Å². The van der Waals surface area contributed by atoms with Crippen molar-refractivity contribution in [3.63, 3.8) is 0 Å². The zero-order chi connectivity index (χ0) is 14.8. The average molecular weight is 305 g/mol. The fourth-order valence-corrected chi connectivity index (χ4v) is 4.85. The summed E-state index contributed by atoms with van der Waals surface area (Å²) in [5, 5.41) is 0. The summed E-state index contributed by atoms with van der Waals surface area (Å²) in [5.74, 6) is 0. The topological polar surface area (TPSA) is 75.9 Å². The molecule has 2 aliphatic rings. The van der Waals surface area contributed by atoms with Gasteiger partial charge in [-0.05, 0) is 26.7 Å². The molecule has 0 bridgehead atoms. The second kappa shape index (κ2) is 6.27. The quantitative estimate of drug-likeness (QED) is 0.826. The highest BCUT2D eigenvalue weighted by Crippen LogP contribution is 2.25. The minimum Gasteiger partial charge on any atom is -0.368 e. The van der Waals surface area contributed by atoms with Gasteiger partial charge in [-0.1, -0.05) is 12.8 Å². The van der Waals surface area contributed by atoms with Crippen molar-refractivity contribution in [1.29, 1.82) is 0 Å². The predicted molar refractivity (Wildman–Crippen MR) is 78.5 cm³/mol. The number of ether oxygens (including phenoxy) is 1. The predicted octanol–water partition coefficient (Wildman–Crippen LogP) is 0.545. The number of nitrogens with zero attached hydrogens (tertiary/aromatic N) is 2. The fourth-order valence-electron chi connectivity index (χ4n) is 2.98. The van der Waals surface area contributed by atoms with E-state index in [1.165, 1.54) is 0 Å². The zero-order valence-electron chi connectivity index (χ0n) is 12.5. The molecule has 2 rings (SSSR count). The summed E-state index contributed by atoms with van der Waals surface area (Å²) in [6.07, 6.45) is 3.92. The molecule has 1 unspecified atom stereocenters. The lowest BCUT2D eigenvalue weighted by atomic mass is 10.1. The lowest BCUT2D eigenvalue weighted by Crippen LogP contribution is -2.59. The van der Waals surface area contributed by atoms with Crippen molar-refractivity contribution in [3.8, 4) is 0 Å². The van der Waals surface area contributed by atoms with E-state index in [1.54, 1.807) is 8.61 Å². The van der Waals surface area contributed by atoms with Crippen LogP contribution >= 0.6 is 0 Å². The van der Waals surface area contributed by atoms with Gasteiger partial charge < -0.3 is 10.5 Å². The molecule has 2 saturated heterocycles. The van der Waals surface area contributed by atoms with E-state index in [0.29, 0.717) is 32.7 Å². The molecule has 0 amide bonds. The Labute approximate surface area is 122 Å². The first-order valence-corrected chi connectivity index (χ1v) is 8.88. The standard InChI is InChI=1S/C13H27N3O3S/c1-13(2)11-16(10-12(9-14)19-13)20(17,18)15-7-5-3-4-6-8-15/h12H,3-11,14H2,1-2H3. The maximum atomic E-state index is 12.8. The lowest BCUT2D eigenvalue weighted by molar-refractivity contribution is -0.113. The molecule has 6 nitrogen and oxygen atoms in total. The molecule has 7 heteroatoms. The van der Waals surface area contributed by atoms with E-state index in [0.717, 1.165) is 25.7 Å². The van der Waals surface area contributed by atoms with E-state index in [9.17, 15) is 8.42 Å². The van der Waals surface area contributed by atoms with Crippen molar-refractivity contribution in [2.45, 2.75) is 51.2 Å². The van der Waals surface area contributed by atoms with Gasteiger partial charge in [0, 0.05) is 32.7 Å². The monoisotopic (exact) mass is 305 g/mol. The summed E-state index contributed by atoms with van der Waals surface area (Å²) >= 11 is 0. The molecule has 0 aromatic heterocycles. The largest absolute Gasteiger partial charge is 0.368 e. The normalized spacial score (nSPS) is 30.1. The van der Waals surface area contributed by atoms with Crippen LogP contribution in [0.5, 0.6) is 0 Å². The van der Waals surface area contributed by atoms with Crippen LogP contribution < -0.4 is 5.73 Å². The Bertz CT molecular complexity index is 417. The molecule has 2 fully saturated rings. The number of nitrogens with two attached hydrogens (primary N) is 1. The van der Waals surface area contributed by atoms with E-state index >= 15 is 0 Å². The minimum absolute atomic E-state index is 0.222. The Morgan fingerprint density at radius 1 is 1.15 bits per heavy atom. The summed E-state index contributed by atoms with van der Waals surface area (Å²) in [6.45, 7) is 6.19. The molecule has 0 radical (unpaired) electrons. The summed E-state index contributed by atoms with van der Waals surface area (Å²) in [7, 11) is -3.39. The third kappa shape index (κ3) is 3.71. The highest BCUT2D eigenvalue weighted by atomic mass is 32.2. The Morgan fingerprint density at radius 3 is 2.30 bits per heavy atom. The van der Waals surface area contributed by atoms with Gasteiger partial charge in [-0.25, -0.2) is 0 Å². The van der Waals surface area contributed by atoms with Crippen LogP contribution in [0.15, 0.2) is 0 Å². The SMILES string of the molecule is CC1(C)CN(S(=O)(=O)N2CCCCCC2)CC(CN)O1. The van der Waals surface area contributed by atoms with Crippen molar-refractivity contribution in [2.24, 2.45) is 5.73 Å². The Morgan fingerprint density at radius 2 is 1.75 bits per heavy atom. The van der Waals surface area contributed by atoms with Gasteiger partial charge in [0.2, 0.25) is 0 Å². The molecular weight excluding hydrogens is 278 g/mol. The number of hydrogen-bond donors (Lipinski definition) is 1. The van der Waals surface area contributed by atoms with Gasteiger partial charge in [-0.2, -0.15) is 17.0 Å². The summed E-state index contributed by atoms with van der Waals surface area (Å²) in [4.78, 5) is 0. The average Bonchev–Trinajstić information content (AvgIpc) is 2.66. The number of rotatable bonds is 3. The molecule has 2 N–H and O–H groups in total. The molecule has 2 aliphatic heterocycles. The molecule has 2 heterocycles. The van der Waals surface area contributed by atoms with Crippen LogP contribution in [-0.4, -0.2) is 61.5 Å². The van der Waals surface area contributed by atoms with Crippen molar-refractivity contribution in [2.75, 3.05) is 32.7 Å². The van der Waals surface area contributed by atoms with Crippen LogP contribution in [0.25, 0.3) is 0 Å². The van der Waals surface area contributed by atoms with Crippen molar-refractivity contribution < 1.29 is 13.2 Å². The molecule has 0 saturated carbocycles. The van der Waals surface area contributed by atoms with Gasteiger partial charge in [0.05, 0.1) is 11.7 Å². The van der Waals surface area contributed by atoms with Crippen molar-refractivity contribution >= 4 is 10.2 Å². The minimum atomic E-state index is -3.39. The maximum absolute atomic E-state index is 12.8. The van der Waals surface area contributed by atoms with Crippen LogP contribution in [0.1, 0.15) is 39.5 Å². The second-order valence-corrected chi connectivity index (χ2v) is 8.28. The highest BCUT2D eigenvalue weighted by Gasteiger charge is 2.40. The first-order chi connectivity index (χ1) is 9.35. The van der Waals surface area contributed by atoms with E-state index < -0.39 is 15.8 Å². The van der Waals surface area contributed by atoms with Crippen LogP contribution in [0.2, 0.25) is 0 Å². The van der Waals surface area contributed by atoms with Crippen LogP contribution in [0, 0.1) is 0 Å². The van der Waals surface area contributed by atoms with Crippen LogP contribution in [-0.2, 0) is 14.9 Å². The van der Waals surface area contributed by atoms with Gasteiger partial charge in [0.25, 0.3) is 10.2 Å². The number of morpholine rings is 1. The smallest absolute Gasteiger partial charge is 0.282 e. The zero-order valence-corrected chi connectivity index (χ0v) is 13.4. The fraction of sp³-hybridized carbons (Fsp3) is 1.00. The molecule has 0 aliphatic carbocycles. The van der Waals surface area contributed by atoms with Gasteiger partial charge in [-0.15, -0.1) is 0 Å². The summed E-state index contributed by atoms with van der Waals surface area (Å²) < 4.78 is 34.6. The van der Waals surface area contributed by atoms with E-state index in [-0.39, 0.29) is 6.10 Å². The Hall–Kier alpha value is -0.210. The van der Waals surface area contributed by atoms with Gasteiger partial charge >= 0.3 is 0 Å². The third-order valence-electron chi connectivity index (χ3n) is 3.93. The molecule has 1 atom stereocenters. The van der Waals surface area contributed by atoms with Crippen LogP contribution in [0.3, 0.4) is 0 Å². The lowest BCUT2D eigenvalue weighted by Gasteiger charge is -2.43. The Balaban J connectivity index is 2.14. The Kier molecular flexibility index (Phi) is 5.07. The first-order valence-electron chi connectivity index (χ1n) is 7.48. The summed E-state index contributed by atoms with van der Waals surface area (Å²) in [6, 6.07) is 0. The molecule has 0 aromatic rings. The second-order valence-electron chi connectivity index (χ2n) is 6.35. The van der Waals surface area contributed by atoms with Gasteiger partial charge in [-0.3, -0.25) is 0 Å². The molecular formula is C13H27N3O3S. The van der Waals surface area contributed by atoms with E-state index in [2.05, 4.69) is 0 Å². The van der Waals surface area contributed by atoms with Gasteiger partial charge in [0.1, 0.15) is 0 Å². The van der Waals surface area contributed by atoms with Crippen molar-refractivity contribution in [1.82, 2.24) is 8.61 Å².